The highest BCUT2D eigenvalue weighted by atomic mass is 15.0. The van der Waals surface area contributed by atoms with Gasteiger partial charge in [0.05, 0.1) is 6.07 Å². The Morgan fingerprint density at radius 1 is 1.35 bits per heavy atom. The second-order valence-electron chi connectivity index (χ2n) is 4.65. The molecule has 2 aromatic rings. The van der Waals surface area contributed by atoms with E-state index >= 15 is 0 Å². The molecule has 0 atom stereocenters. The van der Waals surface area contributed by atoms with Crippen molar-refractivity contribution in [1.82, 2.24) is 9.88 Å². The Bertz CT molecular complexity index is 573. The number of hydrogen-bond acceptors (Lipinski definition) is 2. The molecule has 3 rings (SSSR count). The Balaban J connectivity index is 1.83. The first-order valence-electron chi connectivity index (χ1n) is 6.05. The summed E-state index contributed by atoms with van der Waals surface area (Å²) >= 11 is 0. The van der Waals surface area contributed by atoms with Crippen molar-refractivity contribution in [2.75, 3.05) is 0 Å². The third-order valence-electron chi connectivity index (χ3n) is 3.25. The molecule has 0 radical (unpaired) electrons. The van der Waals surface area contributed by atoms with Crippen LogP contribution < -0.4 is 5.32 Å². The van der Waals surface area contributed by atoms with Gasteiger partial charge in [-0.2, -0.15) is 5.26 Å². The zero-order valence-electron chi connectivity index (χ0n) is 9.69. The molecule has 3 nitrogen and oxygen atoms in total. The molecule has 0 spiro atoms. The largest absolute Gasteiger partial charge is 0.334 e. The molecule has 1 saturated carbocycles. The molecule has 1 N–H and O–H groups in total. The molecule has 17 heavy (non-hydrogen) atoms. The van der Waals surface area contributed by atoms with E-state index in [1.165, 1.54) is 23.8 Å². The van der Waals surface area contributed by atoms with E-state index in [1.807, 2.05) is 10.8 Å². The van der Waals surface area contributed by atoms with Gasteiger partial charge in [0, 0.05) is 24.3 Å². The standard InChI is InChI=1S/C14H15N3/c15-6-8-17-7-5-12-9-11(1-4-14(12)17)10-16-13-2-3-13/h1,4-5,7,9,13,16H,2-3,8,10H2. The van der Waals surface area contributed by atoms with E-state index in [-0.39, 0.29) is 0 Å². The van der Waals surface area contributed by atoms with Gasteiger partial charge in [0.2, 0.25) is 0 Å². The highest BCUT2D eigenvalue weighted by Crippen LogP contribution is 2.21. The van der Waals surface area contributed by atoms with E-state index < -0.39 is 0 Å². The van der Waals surface area contributed by atoms with Gasteiger partial charge in [0.15, 0.2) is 0 Å². The molecule has 1 heterocycles. The van der Waals surface area contributed by atoms with Crippen LogP contribution >= 0.6 is 0 Å². The van der Waals surface area contributed by atoms with Crippen LogP contribution in [-0.4, -0.2) is 10.6 Å². The molecular weight excluding hydrogens is 210 g/mol. The number of nitrogens with one attached hydrogen (secondary N) is 1. The van der Waals surface area contributed by atoms with Crippen LogP contribution in [0.1, 0.15) is 18.4 Å². The highest BCUT2D eigenvalue weighted by Gasteiger charge is 2.19. The van der Waals surface area contributed by atoms with Crippen LogP contribution in [0.25, 0.3) is 10.9 Å². The van der Waals surface area contributed by atoms with E-state index in [0.717, 1.165) is 18.1 Å². The minimum Gasteiger partial charge on any atom is -0.334 e. The van der Waals surface area contributed by atoms with E-state index in [1.54, 1.807) is 0 Å². The lowest BCUT2D eigenvalue weighted by atomic mass is 10.1. The van der Waals surface area contributed by atoms with Gasteiger partial charge in [-0.25, -0.2) is 0 Å². The quantitative estimate of drug-likeness (QED) is 0.868. The van der Waals surface area contributed by atoms with E-state index in [4.69, 9.17) is 5.26 Å². The van der Waals surface area contributed by atoms with Gasteiger partial charge < -0.3 is 9.88 Å². The average Bonchev–Trinajstić information content (AvgIpc) is 3.10. The van der Waals surface area contributed by atoms with Crippen molar-refractivity contribution in [3.05, 3.63) is 36.0 Å². The molecule has 1 aromatic carbocycles. The number of rotatable bonds is 4. The first-order valence-corrected chi connectivity index (χ1v) is 6.05. The third kappa shape index (κ3) is 2.17. The molecule has 0 aliphatic heterocycles. The predicted molar refractivity (Wildman–Crippen MR) is 67.4 cm³/mol. The van der Waals surface area contributed by atoms with Crippen molar-refractivity contribution >= 4 is 10.9 Å². The number of fused-ring (bicyclic) bond motifs is 1. The summed E-state index contributed by atoms with van der Waals surface area (Å²) < 4.78 is 1.98. The second-order valence-corrected chi connectivity index (χ2v) is 4.65. The maximum atomic E-state index is 8.72. The van der Waals surface area contributed by atoms with Gasteiger partial charge in [-0.15, -0.1) is 0 Å². The van der Waals surface area contributed by atoms with Gasteiger partial charge in [0.25, 0.3) is 0 Å². The molecule has 0 bridgehead atoms. The van der Waals surface area contributed by atoms with Gasteiger partial charge in [-0.3, -0.25) is 0 Å². The van der Waals surface area contributed by atoms with Crippen LogP contribution in [-0.2, 0) is 13.1 Å². The minimum atomic E-state index is 0.420. The third-order valence-corrected chi connectivity index (χ3v) is 3.25. The van der Waals surface area contributed by atoms with Crippen LogP contribution in [0.4, 0.5) is 0 Å². The van der Waals surface area contributed by atoms with E-state index in [2.05, 4.69) is 35.7 Å². The number of nitrogens with zero attached hydrogens (tertiary/aromatic N) is 2. The lowest BCUT2D eigenvalue weighted by Gasteiger charge is -2.04. The fourth-order valence-electron chi connectivity index (χ4n) is 2.12. The van der Waals surface area contributed by atoms with E-state index in [9.17, 15) is 0 Å². The molecule has 0 amide bonds. The van der Waals surface area contributed by atoms with Crippen molar-refractivity contribution in [3.8, 4) is 6.07 Å². The zero-order chi connectivity index (χ0) is 11.7. The Morgan fingerprint density at radius 2 is 2.24 bits per heavy atom. The molecule has 1 aliphatic carbocycles. The summed E-state index contributed by atoms with van der Waals surface area (Å²) in [6.45, 7) is 1.37. The SMILES string of the molecule is N#CCn1ccc2cc(CNC3CC3)ccc21. The van der Waals surface area contributed by atoms with Crippen molar-refractivity contribution in [2.45, 2.75) is 32.0 Å². The van der Waals surface area contributed by atoms with Crippen LogP contribution in [0.3, 0.4) is 0 Å². The lowest BCUT2D eigenvalue weighted by Crippen LogP contribution is -2.15. The van der Waals surface area contributed by atoms with Gasteiger partial charge >= 0.3 is 0 Å². The summed E-state index contributed by atoms with van der Waals surface area (Å²) in [5.41, 5.74) is 2.46. The van der Waals surface area contributed by atoms with Crippen molar-refractivity contribution < 1.29 is 0 Å². The number of nitriles is 1. The summed E-state index contributed by atoms with van der Waals surface area (Å²) in [6.07, 6.45) is 4.62. The molecule has 3 heteroatoms. The molecule has 1 aromatic heterocycles. The Kier molecular flexibility index (Phi) is 2.58. The van der Waals surface area contributed by atoms with Crippen LogP contribution in [0.15, 0.2) is 30.5 Å². The highest BCUT2D eigenvalue weighted by molar-refractivity contribution is 5.80. The number of benzene rings is 1. The molecule has 1 fully saturated rings. The first-order chi connectivity index (χ1) is 8.36. The molecule has 0 saturated heterocycles. The fourth-order valence-corrected chi connectivity index (χ4v) is 2.12. The summed E-state index contributed by atoms with van der Waals surface area (Å²) in [5, 5.41) is 13.5. The minimum absolute atomic E-state index is 0.420. The molecular formula is C14H15N3. The normalized spacial score (nSPS) is 15.0. The fraction of sp³-hybridized carbons (Fsp3) is 0.357. The van der Waals surface area contributed by atoms with Gasteiger partial charge in [-0.1, -0.05) is 6.07 Å². The maximum Gasteiger partial charge on any atom is 0.110 e. The number of hydrogen-bond donors (Lipinski definition) is 1. The summed E-state index contributed by atoms with van der Waals surface area (Å²) in [7, 11) is 0. The van der Waals surface area contributed by atoms with Crippen LogP contribution in [0.2, 0.25) is 0 Å². The monoisotopic (exact) mass is 225 g/mol. The lowest BCUT2D eigenvalue weighted by molar-refractivity contribution is 0.688. The Labute approximate surface area is 101 Å². The van der Waals surface area contributed by atoms with Crippen molar-refractivity contribution in [1.29, 1.82) is 5.26 Å². The molecule has 86 valence electrons. The summed E-state index contributed by atoms with van der Waals surface area (Å²) in [6, 6.07) is 11.5. The van der Waals surface area contributed by atoms with Crippen molar-refractivity contribution in [3.63, 3.8) is 0 Å². The second kappa shape index (κ2) is 4.23. The predicted octanol–water partition coefficient (Wildman–Crippen LogP) is 2.42. The smallest absolute Gasteiger partial charge is 0.110 e. The van der Waals surface area contributed by atoms with Crippen LogP contribution in [0.5, 0.6) is 0 Å². The zero-order valence-corrected chi connectivity index (χ0v) is 9.69. The van der Waals surface area contributed by atoms with Crippen LogP contribution in [0, 0.1) is 11.3 Å². The number of aromatic nitrogens is 1. The topological polar surface area (TPSA) is 40.8 Å². The van der Waals surface area contributed by atoms with E-state index in [0.29, 0.717) is 6.54 Å². The Morgan fingerprint density at radius 3 is 3.00 bits per heavy atom. The van der Waals surface area contributed by atoms with Gasteiger partial charge in [0.1, 0.15) is 6.54 Å². The maximum absolute atomic E-state index is 8.72. The summed E-state index contributed by atoms with van der Waals surface area (Å²) in [4.78, 5) is 0. The Hall–Kier alpha value is -1.79. The average molecular weight is 225 g/mol. The first kappa shape index (κ1) is 10.4. The molecule has 1 aliphatic rings. The van der Waals surface area contributed by atoms with Gasteiger partial charge in [-0.05, 0) is 42.0 Å². The van der Waals surface area contributed by atoms with Crippen molar-refractivity contribution in [2.24, 2.45) is 0 Å². The molecule has 0 unspecified atom stereocenters. The summed E-state index contributed by atoms with van der Waals surface area (Å²) in [5.74, 6) is 0.